The van der Waals surface area contributed by atoms with Crippen molar-refractivity contribution in [2.45, 2.75) is 41.9 Å². The van der Waals surface area contributed by atoms with Gasteiger partial charge in [-0.3, -0.25) is 4.79 Å². The summed E-state index contributed by atoms with van der Waals surface area (Å²) in [5, 5.41) is 11.3. The van der Waals surface area contributed by atoms with Crippen molar-refractivity contribution in [1.82, 2.24) is 0 Å². The number of methoxy groups -OCH3 is 1. The highest BCUT2D eigenvalue weighted by molar-refractivity contribution is 8.02. The molecule has 2 heterocycles. The predicted molar refractivity (Wildman–Crippen MR) is 118 cm³/mol. The Labute approximate surface area is 197 Å². The number of nitrogens with one attached hydrogen (secondary N) is 1. The second-order valence-corrected chi connectivity index (χ2v) is 10.1. The average molecular weight is 501 g/mol. The summed E-state index contributed by atoms with van der Waals surface area (Å²) in [4.78, 5) is 13.2. The summed E-state index contributed by atoms with van der Waals surface area (Å²) >= 11 is 0.440. The monoisotopic (exact) mass is 501 g/mol. The molecule has 2 N–H and O–H groups in total. The van der Waals surface area contributed by atoms with Crippen LogP contribution in [0, 0.1) is 11.6 Å². The van der Waals surface area contributed by atoms with Gasteiger partial charge < -0.3 is 19.7 Å². The smallest absolute Gasteiger partial charge is 0.491 e. The van der Waals surface area contributed by atoms with Gasteiger partial charge in [-0.25, -0.2) is 4.39 Å². The molecule has 5 nitrogen and oxygen atoms in total. The molecule has 0 saturated carbocycles. The maximum atomic E-state index is 14.3. The van der Waals surface area contributed by atoms with Gasteiger partial charge in [0.15, 0.2) is 11.6 Å². The molecule has 1 saturated heterocycles. The van der Waals surface area contributed by atoms with Gasteiger partial charge in [0.2, 0.25) is 11.7 Å². The van der Waals surface area contributed by atoms with Crippen molar-refractivity contribution in [3.8, 4) is 5.75 Å². The van der Waals surface area contributed by atoms with Gasteiger partial charge >= 0.3 is 13.3 Å². The van der Waals surface area contributed by atoms with E-state index in [1.54, 1.807) is 12.1 Å². The number of fused-ring (bicyclic) bond motifs is 1. The molecular weight excluding hydrogens is 480 g/mol. The second-order valence-electron chi connectivity index (χ2n) is 8.44. The lowest BCUT2D eigenvalue weighted by Crippen LogP contribution is -2.41. The van der Waals surface area contributed by atoms with Crippen LogP contribution in [0.3, 0.4) is 0 Å². The first-order valence-corrected chi connectivity index (χ1v) is 11.3. The van der Waals surface area contributed by atoms with Crippen molar-refractivity contribution < 1.29 is 41.2 Å². The molecule has 1 amide bonds. The van der Waals surface area contributed by atoms with Crippen molar-refractivity contribution in [3.63, 3.8) is 0 Å². The van der Waals surface area contributed by atoms with Crippen LogP contribution < -0.4 is 15.5 Å². The summed E-state index contributed by atoms with van der Waals surface area (Å²) in [6.07, 6.45) is -4.66. The van der Waals surface area contributed by atoms with Crippen LogP contribution in [0.4, 0.5) is 27.6 Å². The fraction of sp³-hybridized carbons (Fsp3) is 0.409. The van der Waals surface area contributed by atoms with E-state index >= 15 is 0 Å². The summed E-state index contributed by atoms with van der Waals surface area (Å²) in [5.41, 5.74) is 1.63. The molecule has 182 valence electrons. The van der Waals surface area contributed by atoms with Gasteiger partial charge in [-0.2, -0.15) is 17.6 Å². The first kappa shape index (κ1) is 24.8. The zero-order chi connectivity index (χ0) is 24.8. The maximum absolute atomic E-state index is 14.3. The fourth-order valence-electron chi connectivity index (χ4n) is 4.40. The molecule has 0 radical (unpaired) electrons. The van der Waals surface area contributed by atoms with Crippen molar-refractivity contribution >= 4 is 35.9 Å². The van der Waals surface area contributed by atoms with Gasteiger partial charge in [0.05, 0.1) is 12.4 Å². The van der Waals surface area contributed by atoms with Crippen LogP contribution in [0.2, 0.25) is 0 Å². The summed E-state index contributed by atoms with van der Waals surface area (Å²) < 4.78 is 77.6. The molecule has 1 fully saturated rings. The van der Waals surface area contributed by atoms with Crippen LogP contribution >= 0.6 is 11.8 Å². The van der Waals surface area contributed by atoms with Gasteiger partial charge in [0.1, 0.15) is 4.75 Å². The predicted octanol–water partition coefficient (Wildman–Crippen LogP) is 3.78. The topological polar surface area (TPSA) is 67.8 Å². The molecule has 2 aliphatic rings. The molecule has 3 unspecified atom stereocenters. The first-order valence-electron chi connectivity index (χ1n) is 10.4. The highest BCUT2D eigenvalue weighted by atomic mass is 32.2. The number of amides is 1. The molecule has 0 bridgehead atoms. The Hall–Kier alpha value is -2.31. The van der Waals surface area contributed by atoms with Crippen LogP contribution in [0.1, 0.15) is 30.4 Å². The molecule has 34 heavy (non-hydrogen) atoms. The molecule has 4 rings (SSSR count). The number of benzene rings is 2. The Morgan fingerprint density at radius 1 is 1.29 bits per heavy atom. The lowest BCUT2D eigenvalue weighted by Gasteiger charge is -2.26. The highest BCUT2D eigenvalue weighted by Gasteiger charge is 2.60. The minimum absolute atomic E-state index is 0.00672. The van der Waals surface area contributed by atoms with Gasteiger partial charge in [-0.05, 0) is 49.0 Å². The van der Waals surface area contributed by atoms with Gasteiger partial charge in [-0.1, -0.05) is 12.1 Å². The lowest BCUT2D eigenvalue weighted by atomic mass is 9.73. The number of carbonyl (C=O) groups is 1. The van der Waals surface area contributed by atoms with Crippen LogP contribution in [0.15, 0.2) is 30.3 Å². The number of carbonyl (C=O) groups excluding carboxylic acids is 1. The van der Waals surface area contributed by atoms with E-state index in [2.05, 4.69) is 5.32 Å². The van der Waals surface area contributed by atoms with Crippen molar-refractivity contribution in [3.05, 3.63) is 53.1 Å². The Morgan fingerprint density at radius 3 is 2.71 bits per heavy atom. The SMILES string of the molecule is COc1c(C2CC(C)(C(F)(F)F)SC2C(=O)Nc2ccc3c(c2)CCOB3O)ccc(F)c1F. The third kappa shape index (κ3) is 4.38. The molecule has 0 aromatic heterocycles. The van der Waals surface area contributed by atoms with Crippen molar-refractivity contribution in [2.75, 3.05) is 19.0 Å². The summed E-state index contributed by atoms with van der Waals surface area (Å²) in [6.45, 7) is 1.27. The minimum Gasteiger partial charge on any atom is -0.493 e. The molecule has 0 aliphatic carbocycles. The summed E-state index contributed by atoms with van der Waals surface area (Å²) in [6, 6.07) is 6.70. The van der Waals surface area contributed by atoms with Crippen molar-refractivity contribution in [2.24, 2.45) is 0 Å². The van der Waals surface area contributed by atoms with E-state index in [1.807, 2.05) is 0 Å². The van der Waals surface area contributed by atoms with Crippen LogP contribution in [-0.4, -0.2) is 47.9 Å². The van der Waals surface area contributed by atoms with Crippen molar-refractivity contribution in [1.29, 1.82) is 0 Å². The van der Waals surface area contributed by atoms with Gasteiger partial charge in [-0.15, -0.1) is 11.8 Å². The van der Waals surface area contributed by atoms with E-state index in [0.717, 1.165) is 31.7 Å². The quantitative estimate of drug-likeness (QED) is 0.493. The zero-order valence-corrected chi connectivity index (χ0v) is 19.0. The number of rotatable bonds is 4. The number of alkyl halides is 3. The van der Waals surface area contributed by atoms with Gasteiger partial charge in [0.25, 0.3) is 0 Å². The number of thioether (sulfide) groups is 1. The normalized spacial score (nSPS) is 24.6. The standard InChI is InChI=1S/C22H21BF5NO4S/c1-21(22(26,27)28)10-14(13-4-6-16(24)17(25)18(13)32-2)19(34-21)20(30)29-12-3-5-15-11(9-12)7-8-33-23(15)31/h3-6,9,14,19,31H,7-8,10H2,1-2H3,(H,29,30). The van der Waals surface area contributed by atoms with E-state index < -0.39 is 58.9 Å². The number of ether oxygens (including phenoxy) is 1. The summed E-state index contributed by atoms with van der Waals surface area (Å²) in [5.74, 6) is -4.83. The number of hydrogen-bond acceptors (Lipinski definition) is 5. The molecule has 2 aromatic rings. The Bertz CT molecular complexity index is 1120. The number of halogens is 5. The Kier molecular flexibility index (Phi) is 6.60. The average Bonchev–Trinajstić information content (AvgIpc) is 3.14. The van der Waals surface area contributed by atoms with E-state index in [9.17, 15) is 31.8 Å². The Morgan fingerprint density at radius 2 is 2.03 bits per heavy atom. The maximum Gasteiger partial charge on any atom is 0.491 e. The van der Waals surface area contributed by atoms with Gasteiger partial charge in [0, 0.05) is 23.8 Å². The van der Waals surface area contributed by atoms with Crippen LogP contribution in [-0.2, 0) is 15.9 Å². The summed E-state index contributed by atoms with van der Waals surface area (Å²) in [7, 11) is 0.00353. The van der Waals surface area contributed by atoms with Crippen LogP contribution in [0.5, 0.6) is 5.75 Å². The molecule has 2 aliphatic heterocycles. The van der Waals surface area contributed by atoms with E-state index in [4.69, 9.17) is 9.39 Å². The number of anilines is 1. The third-order valence-corrected chi connectivity index (χ3v) is 7.94. The Balaban J connectivity index is 1.68. The molecule has 12 heteroatoms. The molecule has 0 spiro atoms. The fourth-order valence-corrected chi connectivity index (χ4v) is 5.94. The number of hydrogen-bond donors (Lipinski definition) is 2. The minimum atomic E-state index is -4.64. The lowest BCUT2D eigenvalue weighted by molar-refractivity contribution is -0.155. The molecular formula is C22H21BF5NO4S. The first-order chi connectivity index (χ1) is 15.9. The van der Waals surface area contributed by atoms with E-state index in [0.29, 0.717) is 29.3 Å². The van der Waals surface area contributed by atoms with E-state index in [-0.39, 0.29) is 12.2 Å². The van der Waals surface area contributed by atoms with E-state index in [1.165, 1.54) is 6.07 Å². The largest absolute Gasteiger partial charge is 0.493 e. The third-order valence-electron chi connectivity index (χ3n) is 6.23. The molecule has 2 aromatic carbocycles. The zero-order valence-electron chi connectivity index (χ0n) is 18.2. The highest BCUT2D eigenvalue weighted by Crippen LogP contribution is 2.59. The van der Waals surface area contributed by atoms with Crippen LogP contribution in [0.25, 0.3) is 0 Å². The molecule has 3 atom stereocenters. The second kappa shape index (κ2) is 9.05.